The summed E-state index contributed by atoms with van der Waals surface area (Å²) in [6, 6.07) is 0. The predicted molar refractivity (Wildman–Crippen MR) is 55.7 cm³/mol. The molecule has 1 unspecified atom stereocenters. The Hall–Kier alpha value is -0.100. The number of hydrogen-bond acceptors (Lipinski definition) is 4. The minimum absolute atomic E-state index is 0.00692. The molecular weight excluding hydrogens is 224 g/mol. The van der Waals surface area contributed by atoms with E-state index in [0.717, 1.165) is 0 Å². The van der Waals surface area contributed by atoms with E-state index in [2.05, 4.69) is 0 Å². The van der Waals surface area contributed by atoms with E-state index in [-0.39, 0.29) is 17.9 Å². The molecule has 0 radical (unpaired) electrons. The van der Waals surface area contributed by atoms with Gasteiger partial charge < -0.3 is 0 Å². The monoisotopic (exact) mass is 240 g/mol. The molecule has 1 aliphatic rings. The van der Waals surface area contributed by atoms with E-state index in [1.54, 1.807) is 20.8 Å². The van der Waals surface area contributed by atoms with Crippen molar-refractivity contribution in [1.82, 2.24) is 0 Å². The van der Waals surface area contributed by atoms with Crippen molar-refractivity contribution in [2.24, 2.45) is 0 Å². The lowest BCUT2D eigenvalue weighted by Gasteiger charge is -2.23. The van der Waals surface area contributed by atoms with Gasteiger partial charge in [0.2, 0.25) is 0 Å². The zero-order valence-corrected chi connectivity index (χ0v) is 10.3. The molecule has 0 aromatic heterocycles. The van der Waals surface area contributed by atoms with Crippen LogP contribution in [0.2, 0.25) is 0 Å². The molecule has 0 aromatic carbocycles. The second-order valence-corrected chi connectivity index (χ2v) is 9.89. The minimum atomic E-state index is -3.33. The highest BCUT2D eigenvalue weighted by atomic mass is 32.2. The zero-order valence-electron chi connectivity index (χ0n) is 8.65. The third-order valence-electron chi connectivity index (χ3n) is 2.48. The van der Waals surface area contributed by atoms with Crippen molar-refractivity contribution < 1.29 is 16.8 Å². The summed E-state index contributed by atoms with van der Waals surface area (Å²) in [5, 5.41) is -0.701. The molecule has 0 bridgehead atoms. The summed E-state index contributed by atoms with van der Waals surface area (Å²) >= 11 is 0. The quantitative estimate of drug-likeness (QED) is 0.665. The van der Waals surface area contributed by atoms with Crippen molar-refractivity contribution in [2.45, 2.75) is 37.2 Å². The SMILES string of the molecule is CC(C)(C)S(=O)(=O)C1CCS(=O)(=O)C1. The molecule has 1 aliphatic heterocycles. The minimum Gasteiger partial charge on any atom is -0.229 e. The van der Waals surface area contributed by atoms with E-state index in [9.17, 15) is 16.8 Å². The van der Waals surface area contributed by atoms with Crippen LogP contribution in [-0.2, 0) is 19.7 Å². The molecular formula is C8H16O4S2. The molecule has 0 aromatic rings. The lowest BCUT2D eigenvalue weighted by Crippen LogP contribution is -2.37. The lowest BCUT2D eigenvalue weighted by atomic mass is 10.3. The molecule has 0 spiro atoms. The van der Waals surface area contributed by atoms with Crippen LogP contribution < -0.4 is 0 Å². The first-order valence-corrected chi connectivity index (χ1v) is 7.87. The summed E-state index contributed by atoms with van der Waals surface area (Å²) in [7, 11) is -6.44. The first-order valence-electron chi connectivity index (χ1n) is 4.50. The van der Waals surface area contributed by atoms with Crippen LogP contribution in [0.15, 0.2) is 0 Å². The Balaban J connectivity index is 3.00. The zero-order chi connectivity index (χ0) is 11.2. The average Bonchev–Trinajstić information content (AvgIpc) is 2.28. The fourth-order valence-electron chi connectivity index (χ4n) is 1.51. The molecule has 14 heavy (non-hydrogen) atoms. The largest absolute Gasteiger partial charge is 0.229 e. The maximum absolute atomic E-state index is 11.9. The third kappa shape index (κ3) is 2.11. The Morgan fingerprint density at radius 2 is 1.71 bits per heavy atom. The molecule has 4 nitrogen and oxygen atoms in total. The molecule has 1 saturated heterocycles. The van der Waals surface area contributed by atoms with Crippen molar-refractivity contribution in [2.75, 3.05) is 11.5 Å². The molecule has 0 aliphatic carbocycles. The van der Waals surface area contributed by atoms with Gasteiger partial charge in [-0.1, -0.05) is 0 Å². The van der Waals surface area contributed by atoms with E-state index in [4.69, 9.17) is 0 Å². The fraction of sp³-hybridized carbons (Fsp3) is 1.00. The second-order valence-electron chi connectivity index (χ2n) is 4.68. The van der Waals surface area contributed by atoms with Crippen molar-refractivity contribution in [3.8, 4) is 0 Å². The first-order chi connectivity index (χ1) is 6.06. The first kappa shape index (κ1) is 12.0. The van der Waals surface area contributed by atoms with Crippen LogP contribution in [0, 0.1) is 0 Å². The average molecular weight is 240 g/mol. The van der Waals surface area contributed by atoms with Gasteiger partial charge in [0.1, 0.15) is 0 Å². The van der Waals surface area contributed by atoms with Gasteiger partial charge in [-0.2, -0.15) is 0 Å². The van der Waals surface area contributed by atoms with E-state index in [0.29, 0.717) is 0 Å². The van der Waals surface area contributed by atoms with Gasteiger partial charge >= 0.3 is 0 Å². The van der Waals surface area contributed by atoms with Gasteiger partial charge in [0.25, 0.3) is 0 Å². The van der Waals surface area contributed by atoms with Gasteiger partial charge in [-0.15, -0.1) is 0 Å². The molecule has 1 fully saturated rings. The van der Waals surface area contributed by atoms with Gasteiger partial charge in [0.15, 0.2) is 19.7 Å². The summed E-state index contributed by atoms with van der Waals surface area (Å²) in [5.41, 5.74) is 0. The van der Waals surface area contributed by atoms with Gasteiger partial charge in [-0.3, -0.25) is 0 Å². The smallest absolute Gasteiger partial charge is 0.159 e. The van der Waals surface area contributed by atoms with E-state index >= 15 is 0 Å². The Labute approximate surface area is 85.5 Å². The van der Waals surface area contributed by atoms with Crippen LogP contribution in [0.25, 0.3) is 0 Å². The number of sulfone groups is 2. The van der Waals surface area contributed by atoms with Gasteiger partial charge in [0, 0.05) is 0 Å². The van der Waals surface area contributed by atoms with Crippen molar-refractivity contribution in [3.63, 3.8) is 0 Å². The molecule has 0 saturated carbocycles. The van der Waals surface area contributed by atoms with Crippen LogP contribution in [0.5, 0.6) is 0 Å². The van der Waals surface area contributed by atoms with E-state index in [1.165, 1.54) is 0 Å². The summed E-state index contributed by atoms with van der Waals surface area (Å²) < 4.78 is 45.2. The summed E-state index contributed by atoms with van der Waals surface area (Å²) in [5.74, 6) is -0.195. The maximum atomic E-state index is 11.9. The Morgan fingerprint density at radius 1 is 1.21 bits per heavy atom. The standard InChI is InChI=1S/C8H16O4S2/c1-8(2,3)14(11,12)7-4-5-13(9,10)6-7/h7H,4-6H2,1-3H3. The molecule has 1 heterocycles. The van der Waals surface area contributed by atoms with Gasteiger partial charge in [0.05, 0.1) is 21.5 Å². The normalized spacial score (nSPS) is 27.8. The lowest BCUT2D eigenvalue weighted by molar-refractivity contribution is 0.547. The van der Waals surface area contributed by atoms with Crippen LogP contribution in [0.3, 0.4) is 0 Å². The van der Waals surface area contributed by atoms with Crippen molar-refractivity contribution >= 4 is 19.7 Å². The highest BCUT2D eigenvalue weighted by molar-refractivity contribution is 7.97. The second kappa shape index (κ2) is 3.20. The summed E-state index contributed by atoms with van der Waals surface area (Å²) in [6.45, 7) is 4.81. The number of hydrogen-bond donors (Lipinski definition) is 0. The number of rotatable bonds is 1. The highest BCUT2D eigenvalue weighted by Gasteiger charge is 2.43. The van der Waals surface area contributed by atoms with Crippen LogP contribution >= 0.6 is 0 Å². The van der Waals surface area contributed by atoms with Crippen molar-refractivity contribution in [3.05, 3.63) is 0 Å². The molecule has 1 atom stereocenters. The molecule has 84 valence electrons. The molecule has 6 heteroatoms. The molecule has 0 N–H and O–H groups in total. The van der Waals surface area contributed by atoms with Gasteiger partial charge in [-0.05, 0) is 27.2 Å². The van der Waals surface area contributed by atoms with Crippen LogP contribution in [0.4, 0.5) is 0 Å². The summed E-state index contributed by atoms with van der Waals surface area (Å²) in [4.78, 5) is 0. The van der Waals surface area contributed by atoms with E-state index < -0.39 is 29.7 Å². The van der Waals surface area contributed by atoms with E-state index in [1.807, 2.05) is 0 Å². The fourth-order valence-corrected chi connectivity index (χ4v) is 5.97. The van der Waals surface area contributed by atoms with Crippen LogP contribution in [0.1, 0.15) is 27.2 Å². The maximum Gasteiger partial charge on any atom is 0.159 e. The highest BCUT2D eigenvalue weighted by Crippen LogP contribution is 2.27. The molecule has 0 amide bonds. The topological polar surface area (TPSA) is 68.3 Å². The summed E-state index contributed by atoms with van der Waals surface area (Å²) in [6.07, 6.45) is 0.252. The predicted octanol–water partition coefficient (Wildman–Crippen LogP) is 0.387. The molecule has 1 rings (SSSR count). The Bertz CT molecular complexity index is 411. The van der Waals surface area contributed by atoms with Crippen molar-refractivity contribution in [1.29, 1.82) is 0 Å². The Kier molecular flexibility index (Phi) is 2.73. The Morgan fingerprint density at radius 3 is 2.00 bits per heavy atom. The van der Waals surface area contributed by atoms with Crippen LogP contribution in [-0.4, -0.2) is 38.3 Å². The van der Waals surface area contributed by atoms with Gasteiger partial charge in [-0.25, -0.2) is 16.8 Å². The third-order valence-corrected chi connectivity index (χ3v) is 7.45.